The highest BCUT2D eigenvalue weighted by Crippen LogP contribution is 2.38. The summed E-state index contributed by atoms with van der Waals surface area (Å²) >= 11 is 13.8. The molecule has 0 aliphatic carbocycles. The van der Waals surface area contributed by atoms with Gasteiger partial charge in [-0.3, -0.25) is 14.5 Å². The fourth-order valence-electron chi connectivity index (χ4n) is 3.10. The molecule has 0 radical (unpaired) electrons. The van der Waals surface area contributed by atoms with Gasteiger partial charge in [0.25, 0.3) is 11.1 Å². The van der Waals surface area contributed by atoms with Crippen LogP contribution in [0.15, 0.2) is 74.5 Å². The topological polar surface area (TPSA) is 46.6 Å². The second kappa shape index (κ2) is 10.4. The van der Waals surface area contributed by atoms with Gasteiger partial charge in [-0.25, -0.2) is 4.39 Å². The molecule has 1 aliphatic rings. The minimum absolute atomic E-state index is 0.0904. The van der Waals surface area contributed by atoms with E-state index in [1.165, 1.54) is 12.1 Å². The molecule has 1 aliphatic heterocycles. The second-order valence-electron chi connectivity index (χ2n) is 7.12. The van der Waals surface area contributed by atoms with Gasteiger partial charge in [-0.05, 0) is 103 Å². The number of carbonyl (C=O) groups is 2. The Morgan fingerprint density at radius 2 is 1.58 bits per heavy atom. The van der Waals surface area contributed by atoms with E-state index in [-0.39, 0.29) is 23.5 Å². The number of nitrogens with zero attached hydrogens (tertiary/aromatic N) is 1. The van der Waals surface area contributed by atoms with E-state index in [9.17, 15) is 14.0 Å². The summed E-state index contributed by atoms with van der Waals surface area (Å²) < 4.78 is 20.4. The number of thioether (sulfide) groups is 1. The van der Waals surface area contributed by atoms with Gasteiger partial charge in [0.05, 0.1) is 20.4 Å². The van der Waals surface area contributed by atoms with E-state index in [0.29, 0.717) is 36.8 Å². The number of halogens is 4. The maximum Gasteiger partial charge on any atom is 0.293 e. The van der Waals surface area contributed by atoms with E-state index in [4.69, 9.17) is 16.3 Å². The first-order chi connectivity index (χ1) is 15.8. The molecule has 3 aromatic carbocycles. The van der Waals surface area contributed by atoms with E-state index in [1.54, 1.807) is 30.3 Å². The first-order valence-electron chi connectivity index (χ1n) is 9.66. The summed E-state index contributed by atoms with van der Waals surface area (Å²) in [5.41, 5.74) is 2.37. The number of hydrogen-bond acceptors (Lipinski definition) is 4. The Balaban J connectivity index is 1.49. The van der Waals surface area contributed by atoms with Gasteiger partial charge in [0, 0.05) is 5.02 Å². The molecule has 0 aromatic heterocycles. The van der Waals surface area contributed by atoms with Crippen LogP contribution in [0.4, 0.5) is 9.18 Å². The molecule has 0 bridgehead atoms. The van der Waals surface area contributed by atoms with Crippen molar-refractivity contribution in [1.29, 1.82) is 0 Å². The van der Waals surface area contributed by atoms with Crippen molar-refractivity contribution < 1.29 is 18.7 Å². The predicted octanol–water partition coefficient (Wildman–Crippen LogP) is 7.82. The predicted molar refractivity (Wildman–Crippen MR) is 136 cm³/mol. The van der Waals surface area contributed by atoms with E-state index in [2.05, 4.69) is 31.9 Å². The second-order valence-corrected chi connectivity index (χ2v) is 10.3. The normalized spacial score (nSPS) is 14.9. The number of carbonyl (C=O) groups excluding carboxylic acids is 2. The van der Waals surface area contributed by atoms with Crippen molar-refractivity contribution in [2.75, 3.05) is 0 Å². The molecule has 0 atom stereocenters. The smallest absolute Gasteiger partial charge is 0.293 e. The molecule has 0 spiro atoms. The summed E-state index contributed by atoms with van der Waals surface area (Å²) in [6, 6.07) is 16.7. The van der Waals surface area contributed by atoms with Crippen LogP contribution in [-0.4, -0.2) is 16.0 Å². The lowest BCUT2D eigenvalue weighted by molar-refractivity contribution is -0.123. The maximum atomic E-state index is 13.1. The molecule has 0 saturated carbocycles. The van der Waals surface area contributed by atoms with Gasteiger partial charge in [0.1, 0.15) is 18.2 Å². The molecule has 9 heteroatoms. The van der Waals surface area contributed by atoms with Crippen molar-refractivity contribution >= 4 is 72.4 Å². The summed E-state index contributed by atoms with van der Waals surface area (Å²) in [6.45, 7) is 0.448. The molecular weight excluding hydrogens is 597 g/mol. The Bertz CT molecular complexity index is 1230. The zero-order valence-electron chi connectivity index (χ0n) is 16.9. The first-order valence-corrected chi connectivity index (χ1v) is 12.4. The Morgan fingerprint density at radius 3 is 2.21 bits per heavy atom. The van der Waals surface area contributed by atoms with Crippen LogP contribution in [0, 0.1) is 5.82 Å². The highest BCUT2D eigenvalue weighted by Gasteiger charge is 2.35. The Kier molecular flexibility index (Phi) is 7.58. The largest absolute Gasteiger partial charge is 0.487 e. The van der Waals surface area contributed by atoms with Gasteiger partial charge >= 0.3 is 0 Å². The van der Waals surface area contributed by atoms with Gasteiger partial charge in [-0.1, -0.05) is 35.9 Å². The molecule has 3 aromatic rings. The number of rotatable bonds is 6. The number of amides is 2. The highest BCUT2D eigenvalue weighted by atomic mass is 79.9. The van der Waals surface area contributed by atoms with E-state index >= 15 is 0 Å². The number of imide groups is 1. The molecule has 4 nitrogen and oxygen atoms in total. The van der Waals surface area contributed by atoms with Crippen molar-refractivity contribution in [2.45, 2.75) is 13.2 Å². The molecule has 2 amide bonds. The lowest BCUT2D eigenvalue weighted by atomic mass is 10.2. The van der Waals surface area contributed by atoms with Crippen molar-refractivity contribution in [1.82, 2.24) is 4.90 Å². The van der Waals surface area contributed by atoms with E-state index in [0.717, 1.165) is 27.8 Å². The van der Waals surface area contributed by atoms with Crippen molar-refractivity contribution in [3.8, 4) is 5.75 Å². The van der Waals surface area contributed by atoms with Crippen LogP contribution < -0.4 is 4.74 Å². The summed E-state index contributed by atoms with van der Waals surface area (Å²) in [5.74, 6) is -0.138. The number of benzene rings is 3. The zero-order chi connectivity index (χ0) is 23.5. The average Bonchev–Trinajstić information content (AvgIpc) is 3.03. The standard InChI is InChI=1S/C24H15Br2ClFNO3S/c25-19-9-16(10-20(26)22(19)32-13-15-1-5-17(27)6-2-15)11-21-23(30)29(24(31)33-21)12-14-3-7-18(28)8-4-14/h1-11H,12-13H2/b21-11-. The van der Waals surface area contributed by atoms with E-state index in [1.807, 2.05) is 24.3 Å². The van der Waals surface area contributed by atoms with Crippen molar-refractivity contribution in [2.24, 2.45) is 0 Å². The Hall–Kier alpha value is -2.13. The van der Waals surface area contributed by atoms with Gasteiger partial charge in [0.15, 0.2) is 0 Å². The SMILES string of the molecule is O=C1S/C(=C\c2cc(Br)c(OCc3ccc(Cl)cc3)c(Br)c2)C(=O)N1Cc1ccc(F)cc1. The van der Waals surface area contributed by atoms with Crippen molar-refractivity contribution in [3.05, 3.63) is 102 Å². The molecule has 1 heterocycles. The quantitative estimate of drug-likeness (QED) is 0.267. The lowest BCUT2D eigenvalue weighted by Crippen LogP contribution is -2.27. The molecule has 0 unspecified atom stereocenters. The lowest BCUT2D eigenvalue weighted by Gasteiger charge is -2.12. The van der Waals surface area contributed by atoms with Gasteiger partial charge in [-0.2, -0.15) is 0 Å². The molecule has 0 N–H and O–H groups in total. The highest BCUT2D eigenvalue weighted by molar-refractivity contribution is 9.11. The monoisotopic (exact) mass is 609 g/mol. The molecule has 1 fully saturated rings. The summed E-state index contributed by atoms with van der Waals surface area (Å²) in [7, 11) is 0. The summed E-state index contributed by atoms with van der Waals surface area (Å²) in [4.78, 5) is 26.7. The number of ether oxygens (including phenoxy) is 1. The van der Waals surface area contributed by atoms with Crippen LogP contribution in [0.3, 0.4) is 0 Å². The van der Waals surface area contributed by atoms with Crippen LogP contribution >= 0.6 is 55.2 Å². The average molecular weight is 612 g/mol. The van der Waals surface area contributed by atoms with Crippen molar-refractivity contribution in [3.63, 3.8) is 0 Å². The van der Waals surface area contributed by atoms with E-state index < -0.39 is 0 Å². The van der Waals surface area contributed by atoms with Crippen LogP contribution in [0.5, 0.6) is 5.75 Å². The molecule has 4 rings (SSSR count). The fraction of sp³-hybridized carbons (Fsp3) is 0.0833. The summed E-state index contributed by atoms with van der Waals surface area (Å²) in [6.07, 6.45) is 1.66. The molecule has 33 heavy (non-hydrogen) atoms. The third kappa shape index (κ3) is 5.87. The molecular formula is C24H15Br2ClFNO3S. The minimum Gasteiger partial charge on any atom is -0.487 e. The first kappa shape index (κ1) is 24.0. The van der Waals surface area contributed by atoms with Crippen LogP contribution in [0.1, 0.15) is 16.7 Å². The third-order valence-corrected chi connectivity index (χ3v) is 7.08. The van der Waals surface area contributed by atoms with Crippen LogP contribution in [-0.2, 0) is 17.9 Å². The minimum atomic E-state index is -0.385. The Morgan fingerprint density at radius 1 is 0.970 bits per heavy atom. The molecule has 168 valence electrons. The van der Waals surface area contributed by atoms with Gasteiger partial charge < -0.3 is 4.74 Å². The Labute approximate surface area is 216 Å². The fourth-order valence-corrected chi connectivity index (χ4v) is 5.51. The molecule has 1 saturated heterocycles. The van der Waals surface area contributed by atoms with Gasteiger partial charge in [-0.15, -0.1) is 0 Å². The number of hydrogen-bond donors (Lipinski definition) is 0. The van der Waals surface area contributed by atoms with Crippen LogP contribution in [0.25, 0.3) is 6.08 Å². The van der Waals surface area contributed by atoms with Crippen LogP contribution in [0.2, 0.25) is 5.02 Å². The zero-order valence-corrected chi connectivity index (χ0v) is 21.6. The summed E-state index contributed by atoms with van der Waals surface area (Å²) in [5, 5.41) is 0.296. The van der Waals surface area contributed by atoms with Gasteiger partial charge in [0.2, 0.25) is 0 Å². The maximum absolute atomic E-state index is 13.1. The third-order valence-electron chi connectivity index (χ3n) is 4.74.